The van der Waals surface area contributed by atoms with Gasteiger partial charge >= 0.3 is 5.97 Å². The first kappa shape index (κ1) is 12.2. The third kappa shape index (κ3) is 2.88. The van der Waals surface area contributed by atoms with Crippen LogP contribution in [-0.2, 0) is 4.79 Å². The van der Waals surface area contributed by atoms with Gasteiger partial charge in [-0.15, -0.1) is 0 Å². The third-order valence-corrected chi connectivity index (χ3v) is 2.48. The van der Waals surface area contributed by atoms with Crippen LogP contribution in [0.3, 0.4) is 0 Å². The Hall–Kier alpha value is -2.29. The summed E-state index contributed by atoms with van der Waals surface area (Å²) in [7, 11) is 1.58. The molecule has 0 fully saturated rings. The average Bonchev–Trinajstić information content (AvgIpc) is 2.38. The standard InChI is InChI=1S/C15H14O3/c1-11(16)18-15-9-13(8-14(10-15)17-2)12-6-4-3-5-7-12/h3-10H,1-2H3. The van der Waals surface area contributed by atoms with Crippen molar-refractivity contribution in [1.82, 2.24) is 0 Å². The molecule has 0 radical (unpaired) electrons. The molecule has 0 N–H and O–H groups in total. The van der Waals surface area contributed by atoms with E-state index in [1.54, 1.807) is 13.2 Å². The van der Waals surface area contributed by atoms with Gasteiger partial charge in [0, 0.05) is 13.0 Å². The zero-order chi connectivity index (χ0) is 13.0. The van der Waals surface area contributed by atoms with Crippen LogP contribution in [0, 0.1) is 0 Å². The van der Waals surface area contributed by atoms with Crippen molar-refractivity contribution in [2.24, 2.45) is 0 Å². The summed E-state index contributed by atoms with van der Waals surface area (Å²) >= 11 is 0. The van der Waals surface area contributed by atoms with Crippen molar-refractivity contribution in [1.29, 1.82) is 0 Å². The Morgan fingerprint density at radius 2 is 1.61 bits per heavy atom. The van der Waals surface area contributed by atoms with Crippen molar-refractivity contribution in [2.45, 2.75) is 6.92 Å². The van der Waals surface area contributed by atoms with Crippen LogP contribution in [0.5, 0.6) is 11.5 Å². The fourth-order valence-electron chi connectivity index (χ4n) is 1.71. The lowest BCUT2D eigenvalue weighted by atomic mass is 10.1. The normalized spacial score (nSPS) is 9.89. The van der Waals surface area contributed by atoms with E-state index < -0.39 is 0 Å². The SMILES string of the molecule is COc1cc(OC(C)=O)cc(-c2ccccc2)c1. The molecule has 0 amide bonds. The van der Waals surface area contributed by atoms with E-state index in [0.29, 0.717) is 11.5 Å². The summed E-state index contributed by atoms with van der Waals surface area (Å²) in [5.41, 5.74) is 2.00. The zero-order valence-corrected chi connectivity index (χ0v) is 10.3. The van der Waals surface area contributed by atoms with E-state index in [1.807, 2.05) is 42.5 Å². The summed E-state index contributed by atoms with van der Waals surface area (Å²) < 4.78 is 10.3. The van der Waals surface area contributed by atoms with Gasteiger partial charge in [-0.3, -0.25) is 4.79 Å². The molecule has 3 nitrogen and oxygen atoms in total. The number of benzene rings is 2. The van der Waals surface area contributed by atoms with E-state index in [4.69, 9.17) is 9.47 Å². The largest absolute Gasteiger partial charge is 0.497 e. The van der Waals surface area contributed by atoms with Gasteiger partial charge in [-0.25, -0.2) is 0 Å². The monoisotopic (exact) mass is 242 g/mol. The second-order valence-corrected chi connectivity index (χ2v) is 3.86. The van der Waals surface area contributed by atoms with E-state index >= 15 is 0 Å². The van der Waals surface area contributed by atoms with Crippen molar-refractivity contribution >= 4 is 5.97 Å². The average molecular weight is 242 g/mol. The van der Waals surface area contributed by atoms with Crippen LogP contribution in [0.25, 0.3) is 11.1 Å². The molecule has 3 heteroatoms. The number of carbonyl (C=O) groups is 1. The molecule has 18 heavy (non-hydrogen) atoms. The van der Waals surface area contributed by atoms with Gasteiger partial charge in [-0.2, -0.15) is 0 Å². The Morgan fingerprint density at radius 1 is 0.944 bits per heavy atom. The van der Waals surface area contributed by atoms with Crippen LogP contribution in [0.2, 0.25) is 0 Å². The second-order valence-electron chi connectivity index (χ2n) is 3.86. The van der Waals surface area contributed by atoms with Crippen LogP contribution >= 0.6 is 0 Å². The Kier molecular flexibility index (Phi) is 3.63. The number of hydrogen-bond acceptors (Lipinski definition) is 3. The Bertz CT molecular complexity index is 547. The minimum absolute atomic E-state index is 0.345. The van der Waals surface area contributed by atoms with Crippen molar-refractivity contribution in [2.75, 3.05) is 7.11 Å². The van der Waals surface area contributed by atoms with Gasteiger partial charge in [-0.1, -0.05) is 30.3 Å². The van der Waals surface area contributed by atoms with Gasteiger partial charge in [0.2, 0.25) is 0 Å². The number of methoxy groups -OCH3 is 1. The summed E-state index contributed by atoms with van der Waals surface area (Å²) in [6.45, 7) is 1.38. The summed E-state index contributed by atoms with van der Waals surface area (Å²) in [6.07, 6.45) is 0. The topological polar surface area (TPSA) is 35.5 Å². The van der Waals surface area contributed by atoms with Crippen LogP contribution in [0.15, 0.2) is 48.5 Å². The highest BCUT2D eigenvalue weighted by Crippen LogP contribution is 2.29. The van der Waals surface area contributed by atoms with Crippen LogP contribution in [-0.4, -0.2) is 13.1 Å². The Labute approximate surface area is 106 Å². The second kappa shape index (κ2) is 5.36. The van der Waals surface area contributed by atoms with Crippen molar-refractivity contribution in [3.63, 3.8) is 0 Å². The maximum Gasteiger partial charge on any atom is 0.308 e. The smallest absolute Gasteiger partial charge is 0.308 e. The molecule has 0 spiro atoms. The van der Waals surface area contributed by atoms with Gasteiger partial charge in [0.25, 0.3) is 0 Å². The molecule has 92 valence electrons. The molecule has 2 aromatic rings. The molecule has 0 unspecified atom stereocenters. The molecule has 0 heterocycles. The van der Waals surface area contributed by atoms with Crippen molar-refractivity contribution in [3.8, 4) is 22.6 Å². The van der Waals surface area contributed by atoms with Gasteiger partial charge in [0.05, 0.1) is 7.11 Å². The molecule has 2 rings (SSSR count). The summed E-state index contributed by atoms with van der Waals surface area (Å²) in [5, 5.41) is 0. The van der Waals surface area contributed by atoms with Gasteiger partial charge in [0.15, 0.2) is 0 Å². The minimum Gasteiger partial charge on any atom is -0.497 e. The number of ether oxygens (including phenoxy) is 2. The van der Waals surface area contributed by atoms with Crippen LogP contribution < -0.4 is 9.47 Å². The summed E-state index contributed by atoms with van der Waals surface area (Å²) in [5.74, 6) is 0.801. The number of esters is 1. The Morgan fingerprint density at radius 3 is 2.22 bits per heavy atom. The predicted octanol–water partition coefficient (Wildman–Crippen LogP) is 3.29. The molecule has 0 aliphatic rings. The molecule has 0 atom stereocenters. The van der Waals surface area contributed by atoms with Crippen molar-refractivity contribution in [3.05, 3.63) is 48.5 Å². The van der Waals surface area contributed by atoms with E-state index in [9.17, 15) is 4.79 Å². The molecule has 0 aliphatic heterocycles. The minimum atomic E-state index is -0.345. The van der Waals surface area contributed by atoms with Gasteiger partial charge < -0.3 is 9.47 Å². The maximum atomic E-state index is 11.0. The first-order chi connectivity index (χ1) is 8.69. The first-order valence-electron chi connectivity index (χ1n) is 5.62. The van der Waals surface area contributed by atoms with Crippen LogP contribution in [0.1, 0.15) is 6.92 Å². The fraction of sp³-hybridized carbons (Fsp3) is 0.133. The highest BCUT2D eigenvalue weighted by molar-refractivity contribution is 5.72. The predicted molar refractivity (Wildman–Crippen MR) is 69.7 cm³/mol. The number of carbonyl (C=O) groups excluding carboxylic acids is 1. The molecular formula is C15H14O3. The first-order valence-corrected chi connectivity index (χ1v) is 5.62. The fourth-order valence-corrected chi connectivity index (χ4v) is 1.71. The molecule has 0 aromatic heterocycles. The molecular weight excluding hydrogens is 228 g/mol. The van der Waals surface area contributed by atoms with Crippen molar-refractivity contribution < 1.29 is 14.3 Å². The lowest BCUT2D eigenvalue weighted by molar-refractivity contribution is -0.131. The quantitative estimate of drug-likeness (QED) is 0.612. The summed E-state index contributed by atoms with van der Waals surface area (Å²) in [4.78, 5) is 11.0. The maximum absolute atomic E-state index is 11.0. The van der Waals surface area contributed by atoms with Gasteiger partial charge in [0.1, 0.15) is 11.5 Å². The van der Waals surface area contributed by atoms with Gasteiger partial charge in [-0.05, 0) is 23.3 Å². The van der Waals surface area contributed by atoms with Crippen LogP contribution in [0.4, 0.5) is 0 Å². The summed E-state index contributed by atoms with van der Waals surface area (Å²) in [6, 6.07) is 15.3. The molecule has 0 bridgehead atoms. The third-order valence-electron chi connectivity index (χ3n) is 2.48. The Balaban J connectivity index is 2.44. The lowest BCUT2D eigenvalue weighted by Crippen LogP contribution is -2.01. The molecule has 2 aromatic carbocycles. The van der Waals surface area contributed by atoms with E-state index in [-0.39, 0.29) is 5.97 Å². The van der Waals surface area contributed by atoms with E-state index in [0.717, 1.165) is 11.1 Å². The zero-order valence-electron chi connectivity index (χ0n) is 10.3. The molecule has 0 aliphatic carbocycles. The number of rotatable bonds is 3. The highest BCUT2D eigenvalue weighted by atomic mass is 16.5. The molecule has 0 saturated heterocycles. The van der Waals surface area contributed by atoms with E-state index in [1.165, 1.54) is 6.92 Å². The molecule has 0 saturated carbocycles. The number of hydrogen-bond donors (Lipinski definition) is 0. The highest BCUT2D eigenvalue weighted by Gasteiger charge is 2.06. The van der Waals surface area contributed by atoms with E-state index in [2.05, 4.69) is 0 Å². The lowest BCUT2D eigenvalue weighted by Gasteiger charge is -2.08.